The Morgan fingerprint density at radius 2 is 1.89 bits per heavy atom. The molecule has 2 N–H and O–H groups in total. The quantitative estimate of drug-likeness (QED) is 0.871. The van der Waals surface area contributed by atoms with Crippen molar-refractivity contribution < 1.29 is 8.42 Å². The highest BCUT2D eigenvalue weighted by atomic mass is 32.2. The van der Waals surface area contributed by atoms with Gasteiger partial charge in [-0.2, -0.15) is 0 Å². The first-order chi connectivity index (χ1) is 9.12. The number of sulfonamides is 1. The Morgan fingerprint density at radius 3 is 2.58 bits per heavy atom. The van der Waals surface area contributed by atoms with Crippen LogP contribution >= 0.6 is 0 Å². The van der Waals surface area contributed by atoms with Crippen LogP contribution in [-0.2, 0) is 16.6 Å². The van der Waals surface area contributed by atoms with Crippen LogP contribution in [0.15, 0.2) is 53.7 Å². The first-order valence-corrected chi connectivity index (χ1v) is 7.26. The maximum absolute atomic E-state index is 12.2. The van der Waals surface area contributed by atoms with Gasteiger partial charge >= 0.3 is 0 Å². The molecule has 0 saturated carbocycles. The molecule has 0 amide bonds. The van der Waals surface area contributed by atoms with Crippen LogP contribution in [0.3, 0.4) is 0 Å². The van der Waals surface area contributed by atoms with Crippen molar-refractivity contribution in [3.05, 3.63) is 54.4 Å². The molecule has 0 unspecified atom stereocenters. The van der Waals surface area contributed by atoms with E-state index in [9.17, 15) is 8.42 Å². The molecule has 0 spiro atoms. The van der Waals surface area contributed by atoms with Gasteiger partial charge in [0.2, 0.25) is 0 Å². The SMILES string of the molecule is CNCc1cccc(S(=O)(=O)Nc2ccncc2)c1. The fourth-order valence-electron chi connectivity index (χ4n) is 1.66. The van der Waals surface area contributed by atoms with E-state index in [-0.39, 0.29) is 4.90 Å². The monoisotopic (exact) mass is 277 g/mol. The van der Waals surface area contributed by atoms with E-state index in [0.29, 0.717) is 12.2 Å². The van der Waals surface area contributed by atoms with Gasteiger partial charge in [0, 0.05) is 18.9 Å². The van der Waals surface area contributed by atoms with E-state index >= 15 is 0 Å². The minimum atomic E-state index is -3.56. The number of nitrogens with one attached hydrogen (secondary N) is 2. The van der Waals surface area contributed by atoms with Crippen molar-refractivity contribution >= 4 is 15.7 Å². The number of anilines is 1. The highest BCUT2D eigenvalue weighted by Gasteiger charge is 2.14. The summed E-state index contributed by atoms with van der Waals surface area (Å²) in [7, 11) is -1.74. The number of aromatic nitrogens is 1. The minimum absolute atomic E-state index is 0.247. The molecule has 6 heteroatoms. The zero-order valence-electron chi connectivity index (χ0n) is 10.5. The Morgan fingerprint density at radius 1 is 1.16 bits per heavy atom. The third-order valence-corrected chi connectivity index (χ3v) is 3.90. The van der Waals surface area contributed by atoms with Crippen LogP contribution in [0.2, 0.25) is 0 Å². The lowest BCUT2D eigenvalue weighted by molar-refractivity contribution is 0.601. The van der Waals surface area contributed by atoms with Crippen LogP contribution in [0, 0.1) is 0 Å². The van der Waals surface area contributed by atoms with Crippen molar-refractivity contribution in [1.82, 2.24) is 10.3 Å². The van der Waals surface area contributed by atoms with Gasteiger partial charge in [0.25, 0.3) is 10.0 Å². The second-order valence-electron chi connectivity index (χ2n) is 4.02. The van der Waals surface area contributed by atoms with Crippen LogP contribution < -0.4 is 10.0 Å². The molecular weight excluding hydrogens is 262 g/mol. The highest BCUT2D eigenvalue weighted by molar-refractivity contribution is 7.92. The molecule has 0 fully saturated rings. The van der Waals surface area contributed by atoms with Crippen LogP contribution in [0.25, 0.3) is 0 Å². The van der Waals surface area contributed by atoms with E-state index in [1.165, 1.54) is 12.4 Å². The lowest BCUT2D eigenvalue weighted by Gasteiger charge is -2.09. The molecule has 19 heavy (non-hydrogen) atoms. The number of hydrogen-bond acceptors (Lipinski definition) is 4. The smallest absolute Gasteiger partial charge is 0.261 e. The molecule has 1 aromatic carbocycles. The maximum Gasteiger partial charge on any atom is 0.261 e. The zero-order valence-corrected chi connectivity index (χ0v) is 11.3. The maximum atomic E-state index is 12.2. The number of hydrogen-bond donors (Lipinski definition) is 2. The van der Waals surface area contributed by atoms with Crippen molar-refractivity contribution in [2.75, 3.05) is 11.8 Å². The third-order valence-electron chi connectivity index (χ3n) is 2.52. The summed E-state index contributed by atoms with van der Waals surface area (Å²) in [5.74, 6) is 0. The average molecular weight is 277 g/mol. The van der Waals surface area contributed by atoms with E-state index < -0.39 is 10.0 Å². The molecular formula is C13H15N3O2S. The fraction of sp³-hybridized carbons (Fsp3) is 0.154. The summed E-state index contributed by atoms with van der Waals surface area (Å²) >= 11 is 0. The summed E-state index contributed by atoms with van der Waals surface area (Å²) in [4.78, 5) is 4.09. The lowest BCUT2D eigenvalue weighted by Crippen LogP contribution is -2.14. The van der Waals surface area contributed by atoms with Gasteiger partial charge in [0.05, 0.1) is 10.6 Å². The van der Waals surface area contributed by atoms with Gasteiger partial charge in [0.15, 0.2) is 0 Å². The van der Waals surface area contributed by atoms with Crippen molar-refractivity contribution in [2.45, 2.75) is 11.4 Å². The summed E-state index contributed by atoms with van der Waals surface area (Å²) < 4.78 is 26.9. The molecule has 1 aromatic heterocycles. The van der Waals surface area contributed by atoms with Gasteiger partial charge in [0.1, 0.15) is 0 Å². The molecule has 100 valence electrons. The van der Waals surface area contributed by atoms with E-state index in [4.69, 9.17) is 0 Å². The first-order valence-electron chi connectivity index (χ1n) is 5.78. The fourth-order valence-corrected chi connectivity index (χ4v) is 2.79. The van der Waals surface area contributed by atoms with Gasteiger partial charge in [-0.1, -0.05) is 12.1 Å². The van der Waals surface area contributed by atoms with Gasteiger partial charge in [-0.05, 0) is 36.9 Å². The van der Waals surface area contributed by atoms with E-state index in [1.807, 2.05) is 13.1 Å². The highest BCUT2D eigenvalue weighted by Crippen LogP contribution is 2.16. The van der Waals surface area contributed by atoms with E-state index in [2.05, 4.69) is 15.0 Å². The number of rotatable bonds is 5. The molecule has 0 aliphatic carbocycles. The Balaban J connectivity index is 2.27. The summed E-state index contributed by atoms with van der Waals surface area (Å²) in [6, 6.07) is 10.0. The number of nitrogens with zero attached hydrogens (tertiary/aromatic N) is 1. The normalized spacial score (nSPS) is 11.2. The Kier molecular flexibility index (Phi) is 4.13. The van der Waals surface area contributed by atoms with Crippen molar-refractivity contribution in [2.24, 2.45) is 0 Å². The molecule has 0 radical (unpaired) electrons. The van der Waals surface area contributed by atoms with Crippen LogP contribution in [0.5, 0.6) is 0 Å². The molecule has 2 aromatic rings. The van der Waals surface area contributed by atoms with E-state index in [0.717, 1.165) is 5.56 Å². The summed E-state index contributed by atoms with van der Waals surface area (Å²) in [5.41, 5.74) is 1.41. The molecule has 0 bridgehead atoms. The van der Waals surface area contributed by atoms with Crippen LogP contribution in [0.4, 0.5) is 5.69 Å². The predicted octanol–water partition coefficient (Wildman–Crippen LogP) is 1.60. The van der Waals surface area contributed by atoms with Crippen molar-refractivity contribution in [3.8, 4) is 0 Å². The topological polar surface area (TPSA) is 71.1 Å². The molecule has 0 aliphatic heterocycles. The summed E-state index contributed by atoms with van der Waals surface area (Å²) in [5, 5.41) is 2.99. The molecule has 0 atom stereocenters. The third kappa shape index (κ3) is 3.52. The first kappa shape index (κ1) is 13.5. The number of pyridine rings is 1. The molecule has 5 nitrogen and oxygen atoms in total. The lowest BCUT2D eigenvalue weighted by atomic mass is 10.2. The van der Waals surface area contributed by atoms with Gasteiger partial charge < -0.3 is 5.32 Å². The van der Waals surface area contributed by atoms with E-state index in [1.54, 1.807) is 30.3 Å². The van der Waals surface area contributed by atoms with Gasteiger partial charge in [-0.3, -0.25) is 9.71 Å². The molecule has 0 saturated heterocycles. The Bertz CT molecular complexity index is 642. The summed E-state index contributed by atoms with van der Waals surface area (Å²) in [6.45, 7) is 0.624. The van der Waals surface area contributed by atoms with Gasteiger partial charge in [-0.25, -0.2) is 8.42 Å². The second kappa shape index (κ2) is 5.81. The molecule has 1 heterocycles. The van der Waals surface area contributed by atoms with Crippen molar-refractivity contribution in [3.63, 3.8) is 0 Å². The van der Waals surface area contributed by atoms with Crippen molar-refractivity contribution in [1.29, 1.82) is 0 Å². The minimum Gasteiger partial charge on any atom is -0.316 e. The second-order valence-corrected chi connectivity index (χ2v) is 5.70. The number of benzene rings is 1. The Hall–Kier alpha value is -1.92. The summed E-state index contributed by atoms with van der Waals surface area (Å²) in [6.07, 6.45) is 3.07. The van der Waals surface area contributed by atoms with Crippen LogP contribution in [-0.4, -0.2) is 20.4 Å². The average Bonchev–Trinajstić information content (AvgIpc) is 2.40. The largest absolute Gasteiger partial charge is 0.316 e. The van der Waals surface area contributed by atoms with Crippen LogP contribution in [0.1, 0.15) is 5.56 Å². The predicted molar refractivity (Wildman–Crippen MR) is 74.3 cm³/mol. The Labute approximate surface area is 112 Å². The van der Waals surface area contributed by atoms with Gasteiger partial charge in [-0.15, -0.1) is 0 Å². The zero-order chi connectivity index (χ0) is 13.7. The molecule has 2 rings (SSSR count). The standard InChI is InChI=1S/C13H15N3O2S/c1-14-10-11-3-2-4-13(9-11)19(17,18)16-12-5-7-15-8-6-12/h2-9,14H,10H2,1H3,(H,15,16). The molecule has 0 aliphatic rings.